The monoisotopic (exact) mass is 573 g/mol. The first-order chi connectivity index (χ1) is 19.0. The van der Waals surface area contributed by atoms with E-state index < -0.39 is 27.7 Å². The van der Waals surface area contributed by atoms with Crippen LogP contribution in [0.25, 0.3) is 22.0 Å². The smallest absolute Gasteiger partial charge is 0.417 e. The van der Waals surface area contributed by atoms with E-state index in [-0.39, 0.29) is 76.0 Å². The third kappa shape index (κ3) is 5.15. The van der Waals surface area contributed by atoms with E-state index in [0.29, 0.717) is 0 Å². The molecule has 0 amide bonds. The fourth-order valence-corrected chi connectivity index (χ4v) is 5.95. The molecule has 2 aromatic heterocycles. The minimum absolute atomic E-state index is 0.0380. The number of rotatable bonds is 6. The first kappa shape index (κ1) is 27.3. The van der Waals surface area contributed by atoms with Crippen molar-refractivity contribution >= 4 is 44.1 Å². The number of hydrogen-bond donors (Lipinski definition) is 3. The summed E-state index contributed by atoms with van der Waals surface area (Å²) in [6, 6.07) is 10.8. The summed E-state index contributed by atoms with van der Waals surface area (Å²) in [5.41, 5.74) is 4.46. The Kier molecular flexibility index (Phi) is 7.08. The number of ether oxygens (including phenoxy) is 1. The number of aromatic carboxylic acids is 1. The highest BCUT2D eigenvalue weighted by atomic mass is 32.2. The molecule has 2 aromatic carbocycles. The van der Waals surface area contributed by atoms with Crippen molar-refractivity contribution in [3.05, 3.63) is 72.1 Å². The minimum atomic E-state index is -4.75. The molecule has 1 saturated heterocycles. The normalized spacial score (nSPS) is 14.8. The number of nitrogens with one attached hydrogen (secondary N) is 1. The van der Waals surface area contributed by atoms with E-state index in [1.165, 1.54) is 40.7 Å². The first-order valence-electron chi connectivity index (χ1n) is 11.9. The molecule has 0 atom stereocenters. The van der Waals surface area contributed by atoms with E-state index in [1.54, 1.807) is 6.07 Å². The second kappa shape index (κ2) is 10.4. The zero-order valence-electron chi connectivity index (χ0n) is 20.6. The zero-order valence-corrected chi connectivity index (χ0v) is 21.5. The van der Waals surface area contributed by atoms with Crippen LogP contribution in [-0.2, 0) is 20.9 Å². The number of benzene rings is 2. The third-order valence-electron chi connectivity index (χ3n) is 6.38. The highest BCUT2D eigenvalue weighted by Gasteiger charge is 2.35. The van der Waals surface area contributed by atoms with Crippen LogP contribution in [0.1, 0.15) is 15.9 Å². The lowest BCUT2D eigenvalue weighted by molar-refractivity contribution is -0.137. The van der Waals surface area contributed by atoms with Crippen molar-refractivity contribution in [2.45, 2.75) is 11.1 Å². The number of morpholine rings is 1. The molecule has 208 valence electrons. The quantitative estimate of drug-likeness (QED) is 0.306. The summed E-state index contributed by atoms with van der Waals surface area (Å²) in [4.78, 5) is 19.7. The van der Waals surface area contributed by atoms with Gasteiger partial charge in [0.25, 0.3) is 0 Å². The number of carbonyl (C=O) groups is 1. The lowest BCUT2D eigenvalue weighted by Crippen LogP contribution is -2.40. The number of para-hydroxylation sites is 1. The Labute approximate surface area is 226 Å². The number of fused-ring (bicyclic) bond motifs is 1. The van der Waals surface area contributed by atoms with Crippen molar-refractivity contribution in [1.82, 2.24) is 14.3 Å². The molecule has 0 saturated carbocycles. The number of aromatic nitrogens is 2. The molecule has 3 heterocycles. The molecule has 0 spiro atoms. The maximum absolute atomic E-state index is 13.9. The van der Waals surface area contributed by atoms with Crippen LogP contribution in [0, 0.1) is 0 Å². The van der Waals surface area contributed by atoms with Gasteiger partial charge in [-0.2, -0.15) is 17.5 Å². The van der Waals surface area contributed by atoms with Gasteiger partial charge in [0.05, 0.1) is 41.2 Å². The summed E-state index contributed by atoms with van der Waals surface area (Å²) in [6.07, 6.45) is -2.61. The summed E-state index contributed by atoms with van der Waals surface area (Å²) in [5.74, 6) is -1.58. The molecule has 40 heavy (non-hydrogen) atoms. The van der Waals surface area contributed by atoms with Gasteiger partial charge in [0.2, 0.25) is 10.0 Å². The van der Waals surface area contributed by atoms with Gasteiger partial charge >= 0.3 is 12.1 Å². The molecular weight excluding hydrogens is 551 g/mol. The number of hydrogen-bond acceptors (Lipinski definition) is 8. The Balaban J connectivity index is 1.77. The number of pyridine rings is 2. The maximum atomic E-state index is 13.9. The van der Waals surface area contributed by atoms with Gasteiger partial charge in [-0.3, -0.25) is 4.98 Å². The fourth-order valence-electron chi connectivity index (χ4n) is 4.44. The molecule has 0 aliphatic carbocycles. The predicted molar refractivity (Wildman–Crippen MR) is 141 cm³/mol. The van der Waals surface area contributed by atoms with Gasteiger partial charge in [0.1, 0.15) is 10.7 Å². The van der Waals surface area contributed by atoms with Crippen molar-refractivity contribution in [2.24, 2.45) is 0 Å². The van der Waals surface area contributed by atoms with E-state index in [2.05, 4.69) is 15.3 Å². The van der Waals surface area contributed by atoms with Crippen LogP contribution in [0.2, 0.25) is 0 Å². The van der Waals surface area contributed by atoms with Gasteiger partial charge in [-0.25, -0.2) is 18.2 Å². The van der Waals surface area contributed by atoms with Crippen LogP contribution in [0.3, 0.4) is 0 Å². The number of halogens is 3. The second-order valence-electron chi connectivity index (χ2n) is 8.87. The highest BCUT2D eigenvalue weighted by molar-refractivity contribution is 7.89. The van der Waals surface area contributed by atoms with Crippen LogP contribution in [0.4, 0.5) is 30.4 Å². The molecule has 1 fully saturated rings. The van der Waals surface area contributed by atoms with E-state index in [0.717, 1.165) is 18.5 Å². The van der Waals surface area contributed by atoms with Crippen LogP contribution in [0.15, 0.2) is 65.8 Å². The van der Waals surface area contributed by atoms with E-state index in [9.17, 15) is 31.5 Å². The Hall–Kier alpha value is -4.27. The van der Waals surface area contributed by atoms with Gasteiger partial charge < -0.3 is 20.9 Å². The molecule has 4 aromatic rings. The molecule has 4 N–H and O–H groups in total. The van der Waals surface area contributed by atoms with Crippen molar-refractivity contribution in [3.63, 3.8) is 0 Å². The predicted octanol–water partition coefficient (Wildman–Crippen LogP) is 4.36. The molecule has 10 nitrogen and oxygen atoms in total. The minimum Gasteiger partial charge on any atom is -0.478 e. The van der Waals surface area contributed by atoms with Crippen molar-refractivity contribution in [3.8, 4) is 11.1 Å². The summed E-state index contributed by atoms with van der Waals surface area (Å²) in [6.45, 7) is 0.522. The second-order valence-corrected chi connectivity index (χ2v) is 10.8. The molecule has 5 rings (SSSR count). The number of nitrogen functional groups attached to an aromatic ring is 1. The Bertz CT molecular complexity index is 1720. The van der Waals surface area contributed by atoms with Crippen LogP contribution >= 0.6 is 0 Å². The van der Waals surface area contributed by atoms with Gasteiger partial charge in [-0.15, -0.1) is 0 Å². The third-order valence-corrected chi connectivity index (χ3v) is 8.29. The summed E-state index contributed by atoms with van der Waals surface area (Å²) < 4.78 is 75.6. The largest absolute Gasteiger partial charge is 0.478 e. The molecule has 14 heteroatoms. The standard InChI is InChI=1S/C26H22F3N5O5S/c27-26(28,29)19-12-23(30)32-13-18(19)15-5-6-20-17(11-15)24(33-21-4-2-1-3-16(21)25(35)36)22(14-31-20)40(37,38)34-7-9-39-10-8-34/h1-6,11-14H,7-10H2,(H2,30,32)(H,31,33)(H,35,36). The van der Waals surface area contributed by atoms with E-state index >= 15 is 0 Å². The van der Waals surface area contributed by atoms with Crippen molar-refractivity contribution < 1.29 is 36.2 Å². The van der Waals surface area contributed by atoms with Gasteiger partial charge in [0, 0.05) is 36.4 Å². The number of carboxylic acids is 1. The van der Waals surface area contributed by atoms with Gasteiger partial charge in [-0.05, 0) is 35.9 Å². The molecule has 0 radical (unpaired) electrons. The SMILES string of the molecule is Nc1cc(C(F)(F)F)c(-c2ccc3ncc(S(=O)(=O)N4CCOCC4)c(Nc4ccccc4C(=O)O)c3c2)cn1. The number of sulfonamides is 1. The van der Waals surface area contributed by atoms with E-state index in [1.807, 2.05) is 0 Å². The summed E-state index contributed by atoms with van der Waals surface area (Å²) in [7, 11) is -4.18. The van der Waals surface area contributed by atoms with Crippen LogP contribution < -0.4 is 11.1 Å². The molecule has 1 aliphatic rings. The summed E-state index contributed by atoms with van der Waals surface area (Å²) >= 11 is 0. The molecular formula is C26H22F3N5O5S. The number of nitrogens with zero attached hydrogens (tertiary/aromatic N) is 3. The van der Waals surface area contributed by atoms with Gasteiger partial charge in [-0.1, -0.05) is 18.2 Å². The lowest BCUT2D eigenvalue weighted by Gasteiger charge is -2.27. The Morgan fingerprint density at radius 1 is 1.05 bits per heavy atom. The first-order valence-corrected chi connectivity index (χ1v) is 13.3. The average Bonchev–Trinajstić information content (AvgIpc) is 2.93. The van der Waals surface area contributed by atoms with Crippen LogP contribution in [-0.4, -0.2) is 60.1 Å². The number of carboxylic acid groups (broad SMARTS) is 1. The number of alkyl halides is 3. The maximum Gasteiger partial charge on any atom is 0.417 e. The molecule has 0 bridgehead atoms. The number of nitrogens with two attached hydrogens (primary N) is 1. The number of anilines is 3. The molecule has 0 unspecified atom stereocenters. The highest BCUT2D eigenvalue weighted by Crippen LogP contribution is 2.40. The lowest BCUT2D eigenvalue weighted by atomic mass is 9.99. The summed E-state index contributed by atoms with van der Waals surface area (Å²) in [5, 5.41) is 12.8. The Morgan fingerprint density at radius 3 is 2.48 bits per heavy atom. The van der Waals surface area contributed by atoms with Gasteiger partial charge in [0.15, 0.2) is 0 Å². The average molecular weight is 574 g/mol. The van der Waals surface area contributed by atoms with E-state index in [4.69, 9.17) is 10.5 Å². The topological polar surface area (TPSA) is 148 Å². The van der Waals surface area contributed by atoms with Crippen molar-refractivity contribution in [1.29, 1.82) is 0 Å². The van der Waals surface area contributed by atoms with Crippen LogP contribution in [0.5, 0.6) is 0 Å². The zero-order chi connectivity index (χ0) is 28.7. The molecule has 1 aliphatic heterocycles. The Morgan fingerprint density at radius 2 is 1.77 bits per heavy atom. The van der Waals surface area contributed by atoms with Crippen molar-refractivity contribution in [2.75, 3.05) is 37.4 Å². The fraction of sp³-hybridized carbons (Fsp3) is 0.192.